The fraction of sp³-hybridized carbons (Fsp3) is 0.200. The quantitative estimate of drug-likeness (QED) is 0.452. The molecule has 7 heteroatoms. The van der Waals surface area contributed by atoms with Gasteiger partial charge in [-0.1, -0.05) is 22.0 Å². The van der Waals surface area contributed by atoms with Gasteiger partial charge in [-0.2, -0.15) is 5.10 Å². The summed E-state index contributed by atoms with van der Waals surface area (Å²) in [5.74, 6) is 0.917. The van der Waals surface area contributed by atoms with E-state index in [0.717, 1.165) is 9.86 Å². The number of benzene rings is 2. The van der Waals surface area contributed by atoms with Crippen LogP contribution in [0.15, 0.2) is 56.5 Å². The highest BCUT2D eigenvalue weighted by molar-refractivity contribution is 9.10. The second-order valence-corrected chi connectivity index (χ2v) is 6.95. The number of ether oxygens (including phenoxy) is 2. The molecule has 1 heterocycles. The summed E-state index contributed by atoms with van der Waals surface area (Å²) < 4.78 is 17.6. The lowest BCUT2D eigenvalue weighted by molar-refractivity contribution is 0.0929. The second-order valence-electron chi connectivity index (χ2n) is 6.04. The van der Waals surface area contributed by atoms with Gasteiger partial charge in [0, 0.05) is 15.4 Å². The Morgan fingerprint density at radius 3 is 2.81 bits per heavy atom. The fourth-order valence-corrected chi connectivity index (χ4v) is 2.88. The summed E-state index contributed by atoms with van der Waals surface area (Å²) >= 11 is 3.39. The van der Waals surface area contributed by atoms with E-state index in [1.807, 2.05) is 38.1 Å². The number of carbonyl (C=O) groups excluding carboxylic acids is 1. The molecule has 0 spiro atoms. The first kappa shape index (κ1) is 19.0. The van der Waals surface area contributed by atoms with Crippen LogP contribution in [0.25, 0.3) is 11.0 Å². The maximum Gasteiger partial charge on any atom is 0.307 e. The molecule has 0 radical (unpaired) electrons. The number of halogens is 1. The van der Waals surface area contributed by atoms with Gasteiger partial charge in [-0.05, 0) is 50.2 Å². The van der Waals surface area contributed by atoms with Gasteiger partial charge in [-0.3, -0.25) is 4.79 Å². The van der Waals surface area contributed by atoms with Crippen molar-refractivity contribution in [3.05, 3.63) is 58.3 Å². The number of furan rings is 1. The lowest BCUT2D eigenvalue weighted by Gasteiger charge is -2.15. The molecule has 1 N–H and O–H groups in total. The van der Waals surface area contributed by atoms with Crippen LogP contribution in [0.2, 0.25) is 0 Å². The zero-order valence-corrected chi connectivity index (χ0v) is 16.7. The number of fused-ring (bicyclic) bond motifs is 1. The van der Waals surface area contributed by atoms with E-state index in [1.54, 1.807) is 25.3 Å². The summed E-state index contributed by atoms with van der Waals surface area (Å²) in [6, 6.07) is 12.7. The van der Waals surface area contributed by atoms with E-state index in [0.29, 0.717) is 22.6 Å². The third kappa shape index (κ3) is 4.49. The molecule has 140 valence electrons. The Hall–Kier alpha value is -2.80. The molecule has 0 saturated carbocycles. The number of carbonyl (C=O) groups is 1. The number of hydrazone groups is 1. The van der Waals surface area contributed by atoms with Crippen molar-refractivity contribution < 1.29 is 18.7 Å². The predicted octanol–water partition coefficient (Wildman–Crippen LogP) is 4.76. The minimum atomic E-state index is -0.437. The van der Waals surface area contributed by atoms with E-state index < -0.39 is 5.91 Å². The summed E-state index contributed by atoms with van der Waals surface area (Å²) in [4.78, 5) is 12.3. The fourth-order valence-electron chi connectivity index (χ4n) is 2.50. The lowest BCUT2D eigenvalue weighted by atomic mass is 10.2. The Balaban J connectivity index is 1.77. The number of para-hydroxylation sites is 1. The van der Waals surface area contributed by atoms with Crippen molar-refractivity contribution in [2.75, 3.05) is 7.11 Å². The van der Waals surface area contributed by atoms with Gasteiger partial charge in [-0.25, -0.2) is 5.43 Å². The van der Waals surface area contributed by atoms with Crippen LogP contribution in [-0.2, 0) is 0 Å². The zero-order chi connectivity index (χ0) is 19.4. The van der Waals surface area contributed by atoms with Gasteiger partial charge in [0.2, 0.25) is 0 Å². The molecule has 0 aliphatic carbocycles. The number of hydrogen-bond donors (Lipinski definition) is 1. The van der Waals surface area contributed by atoms with Gasteiger partial charge in [0.05, 0.1) is 19.4 Å². The number of methoxy groups -OCH3 is 1. The van der Waals surface area contributed by atoms with Gasteiger partial charge >= 0.3 is 5.91 Å². The molecule has 0 unspecified atom stereocenters. The van der Waals surface area contributed by atoms with E-state index in [-0.39, 0.29) is 11.9 Å². The summed E-state index contributed by atoms with van der Waals surface area (Å²) in [5, 5.41) is 4.85. The third-order valence-corrected chi connectivity index (χ3v) is 4.15. The third-order valence-electron chi connectivity index (χ3n) is 3.65. The van der Waals surface area contributed by atoms with Crippen LogP contribution in [0.4, 0.5) is 0 Å². The van der Waals surface area contributed by atoms with Gasteiger partial charge in [0.1, 0.15) is 5.58 Å². The smallest absolute Gasteiger partial charge is 0.307 e. The normalized spacial score (nSPS) is 11.3. The van der Waals surface area contributed by atoms with E-state index in [2.05, 4.69) is 26.5 Å². The summed E-state index contributed by atoms with van der Waals surface area (Å²) in [6.07, 6.45) is 1.48. The largest absolute Gasteiger partial charge is 0.493 e. The van der Waals surface area contributed by atoms with E-state index in [4.69, 9.17) is 13.9 Å². The molecular formula is C20H19BrN2O4. The first-order chi connectivity index (χ1) is 13.0. The van der Waals surface area contributed by atoms with Crippen molar-refractivity contribution in [2.45, 2.75) is 20.0 Å². The number of nitrogens with zero attached hydrogens (tertiary/aromatic N) is 1. The van der Waals surface area contributed by atoms with Crippen LogP contribution in [0.3, 0.4) is 0 Å². The van der Waals surface area contributed by atoms with Crippen molar-refractivity contribution in [3.8, 4) is 11.5 Å². The van der Waals surface area contributed by atoms with Gasteiger partial charge in [0.25, 0.3) is 0 Å². The first-order valence-electron chi connectivity index (χ1n) is 8.34. The van der Waals surface area contributed by atoms with Crippen LogP contribution in [0, 0.1) is 0 Å². The summed E-state index contributed by atoms with van der Waals surface area (Å²) in [6.45, 7) is 3.85. The van der Waals surface area contributed by atoms with Crippen molar-refractivity contribution in [2.24, 2.45) is 5.10 Å². The van der Waals surface area contributed by atoms with Crippen LogP contribution < -0.4 is 14.9 Å². The lowest BCUT2D eigenvalue weighted by Crippen LogP contribution is -2.17. The molecule has 0 aliphatic heterocycles. The molecular weight excluding hydrogens is 412 g/mol. The molecule has 0 bridgehead atoms. The first-order valence-corrected chi connectivity index (χ1v) is 9.13. The van der Waals surface area contributed by atoms with Crippen LogP contribution >= 0.6 is 15.9 Å². The topological polar surface area (TPSA) is 73.1 Å². The Labute approximate surface area is 165 Å². The maximum absolute atomic E-state index is 12.3. The average molecular weight is 431 g/mol. The highest BCUT2D eigenvalue weighted by Gasteiger charge is 2.13. The van der Waals surface area contributed by atoms with Crippen molar-refractivity contribution in [3.63, 3.8) is 0 Å². The maximum atomic E-state index is 12.3. The van der Waals surface area contributed by atoms with Crippen LogP contribution in [0.1, 0.15) is 30.0 Å². The van der Waals surface area contributed by atoms with Crippen molar-refractivity contribution in [1.29, 1.82) is 0 Å². The monoisotopic (exact) mass is 430 g/mol. The standard InChI is InChI=1S/C20H19BrN2O4/c1-12(2)26-19-13(5-4-6-17(19)25-3)11-22-23-20(24)18-10-14-9-15(21)7-8-16(14)27-18/h4-12H,1-3H3,(H,23,24). The van der Waals surface area contributed by atoms with E-state index in [9.17, 15) is 4.79 Å². The Morgan fingerprint density at radius 2 is 2.07 bits per heavy atom. The number of nitrogens with one attached hydrogen (secondary N) is 1. The van der Waals surface area contributed by atoms with Gasteiger partial charge in [0.15, 0.2) is 17.3 Å². The number of amides is 1. The Kier molecular flexibility index (Phi) is 5.81. The SMILES string of the molecule is COc1cccc(C=NNC(=O)c2cc3cc(Br)ccc3o2)c1OC(C)C. The average Bonchev–Trinajstić information content (AvgIpc) is 3.05. The molecule has 1 aromatic heterocycles. The number of hydrogen-bond acceptors (Lipinski definition) is 5. The molecule has 0 atom stereocenters. The molecule has 3 rings (SSSR count). The highest BCUT2D eigenvalue weighted by atomic mass is 79.9. The van der Waals surface area contributed by atoms with E-state index in [1.165, 1.54) is 6.21 Å². The minimum Gasteiger partial charge on any atom is -0.493 e. The van der Waals surface area contributed by atoms with Crippen molar-refractivity contribution in [1.82, 2.24) is 5.43 Å². The minimum absolute atomic E-state index is 0.0297. The summed E-state index contributed by atoms with van der Waals surface area (Å²) in [7, 11) is 1.57. The highest BCUT2D eigenvalue weighted by Crippen LogP contribution is 2.31. The predicted molar refractivity (Wildman–Crippen MR) is 108 cm³/mol. The molecule has 3 aromatic rings. The molecule has 0 saturated heterocycles. The summed E-state index contributed by atoms with van der Waals surface area (Å²) in [5.41, 5.74) is 3.79. The van der Waals surface area contributed by atoms with Crippen LogP contribution in [-0.4, -0.2) is 25.3 Å². The molecule has 6 nitrogen and oxygen atoms in total. The van der Waals surface area contributed by atoms with Crippen molar-refractivity contribution >= 4 is 39.0 Å². The molecule has 0 aliphatic rings. The molecule has 1 amide bonds. The van der Waals surface area contributed by atoms with Gasteiger partial charge < -0.3 is 13.9 Å². The van der Waals surface area contributed by atoms with Gasteiger partial charge in [-0.15, -0.1) is 0 Å². The molecule has 27 heavy (non-hydrogen) atoms. The molecule has 0 fully saturated rings. The van der Waals surface area contributed by atoms with E-state index >= 15 is 0 Å². The second kappa shape index (κ2) is 8.26. The number of rotatable bonds is 6. The Morgan fingerprint density at radius 1 is 1.26 bits per heavy atom. The zero-order valence-electron chi connectivity index (χ0n) is 15.2. The van der Waals surface area contributed by atoms with Crippen LogP contribution in [0.5, 0.6) is 11.5 Å². The molecule has 2 aromatic carbocycles. The Bertz CT molecular complexity index is 995.